The first-order valence-corrected chi connectivity index (χ1v) is 8.24. The van der Waals surface area contributed by atoms with Gasteiger partial charge in [0.05, 0.1) is 11.3 Å². The van der Waals surface area contributed by atoms with Crippen molar-refractivity contribution in [1.82, 2.24) is 0 Å². The average Bonchev–Trinajstić information content (AvgIpc) is 2.89. The first-order valence-electron chi connectivity index (χ1n) is 6.44. The molecule has 0 spiro atoms. The topological polar surface area (TPSA) is 66.4 Å². The molecular weight excluding hydrogens is 306 g/mol. The maximum atomic E-state index is 11.9. The van der Waals surface area contributed by atoms with Gasteiger partial charge in [0.1, 0.15) is 5.00 Å². The number of hydrogen-bond acceptors (Lipinski definition) is 4. The molecule has 0 bridgehead atoms. The lowest BCUT2D eigenvalue weighted by molar-refractivity contribution is -0.113. The highest BCUT2D eigenvalue weighted by Gasteiger charge is 2.16. The predicted octanol–water partition coefficient (Wildman–Crippen LogP) is 3.74. The van der Waals surface area contributed by atoms with Crippen LogP contribution in [0.3, 0.4) is 0 Å². The molecule has 0 aliphatic rings. The van der Waals surface area contributed by atoms with Crippen LogP contribution in [0.5, 0.6) is 0 Å². The number of thioether (sulfide) groups is 1. The number of aryl methyl sites for hydroxylation is 1. The van der Waals surface area contributed by atoms with Gasteiger partial charge >= 0.3 is 5.97 Å². The van der Waals surface area contributed by atoms with Crippen LogP contribution in [-0.4, -0.2) is 22.7 Å². The number of carbonyl (C=O) groups excluding carboxylic acids is 1. The smallest absolute Gasteiger partial charge is 0.338 e. The van der Waals surface area contributed by atoms with E-state index in [1.54, 1.807) is 6.07 Å². The summed E-state index contributed by atoms with van der Waals surface area (Å²) >= 11 is 2.74. The Morgan fingerprint density at radius 1 is 1.29 bits per heavy atom. The van der Waals surface area contributed by atoms with Crippen molar-refractivity contribution in [2.45, 2.75) is 18.2 Å². The number of carbonyl (C=O) groups is 2. The number of carboxylic acid groups (broad SMARTS) is 1. The summed E-state index contributed by atoms with van der Waals surface area (Å²) < 4.78 is 0. The largest absolute Gasteiger partial charge is 0.478 e. The second-order valence-electron chi connectivity index (χ2n) is 4.26. The van der Waals surface area contributed by atoms with E-state index in [-0.39, 0.29) is 17.2 Å². The minimum absolute atomic E-state index is 0.162. The van der Waals surface area contributed by atoms with E-state index in [1.807, 2.05) is 37.3 Å². The number of hydrogen-bond donors (Lipinski definition) is 2. The van der Waals surface area contributed by atoms with Crippen LogP contribution in [0.15, 0.2) is 41.3 Å². The van der Waals surface area contributed by atoms with Crippen molar-refractivity contribution in [1.29, 1.82) is 0 Å². The van der Waals surface area contributed by atoms with E-state index < -0.39 is 5.97 Å². The van der Waals surface area contributed by atoms with E-state index in [0.29, 0.717) is 5.00 Å². The van der Waals surface area contributed by atoms with Crippen molar-refractivity contribution >= 4 is 40.0 Å². The van der Waals surface area contributed by atoms with Gasteiger partial charge in [0.15, 0.2) is 0 Å². The highest BCUT2D eigenvalue weighted by atomic mass is 32.2. The molecule has 0 unspecified atom stereocenters. The van der Waals surface area contributed by atoms with Gasteiger partial charge in [-0.3, -0.25) is 4.79 Å². The molecule has 6 heteroatoms. The number of rotatable bonds is 6. The standard InChI is InChI=1S/C15H15NO3S2/c1-2-10-8-12(15(18)19)14(21-10)16-13(17)9-20-11-6-4-3-5-7-11/h3-8H,2,9H2,1H3,(H,16,17)(H,18,19). The van der Waals surface area contributed by atoms with Gasteiger partial charge in [-0.1, -0.05) is 25.1 Å². The highest BCUT2D eigenvalue weighted by Crippen LogP contribution is 2.29. The fraction of sp³-hybridized carbons (Fsp3) is 0.200. The summed E-state index contributed by atoms with van der Waals surface area (Å²) in [6.45, 7) is 1.95. The summed E-state index contributed by atoms with van der Waals surface area (Å²) in [5, 5.41) is 12.3. The third kappa shape index (κ3) is 4.34. The fourth-order valence-electron chi connectivity index (χ4n) is 1.70. The van der Waals surface area contributed by atoms with Gasteiger partial charge in [-0.15, -0.1) is 23.1 Å². The van der Waals surface area contributed by atoms with Gasteiger partial charge in [0.25, 0.3) is 0 Å². The number of benzene rings is 1. The van der Waals surface area contributed by atoms with E-state index in [4.69, 9.17) is 5.11 Å². The number of nitrogens with one attached hydrogen (secondary N) is 1. The summed E-state index contributed by atoms with van der Waals surface area (Å²) in [6, 6.07) is 11.2. The lowest BCUT2D eigenvalue weighted by Gasteiger charge is -2.04. The normalized spacial score (nSPS) is 10.3. The van der Waals surface area contributed by atoms with Crippen LogP contribution >= 0.6 is 23.1 Å². The van der Waals surface area contributed by atoms with E-state index in [0.717, 1.165) is 16.2 Å². The third-order valence-corrected chi connectivity index (χ3v) is 4.93. The highest BCUT2D eigenvalue weighted by molar-refractivity contribution is 8.00. The van der Waals surface area contributed by atoms with Crippen molar-refractivity contribution in [3.8, 4) is 0 Å². The molecule has 2 N–H and O–H groups in total. The monoisotopic (exact) mass is 321 g/mol. The van der Waals surface area contributed by atoms with Crippen LogP contribution in [-0.2, 0) is 11.2 Å². The molecule has 1 aromatic heterocycles. The lowest BCUT2D eigenvalue weighted by Crippen LogP contribution is -2.15. The SMILES string of the molecule is CCc1cc(C(=O)O)c(NC(=O)CSc2ccccc2)s1. The second-order valence-corrected chi connectivity index (χ2v) is 6.45. The van der Waals surface area contributed by atoms with Gasteiger partial charge in [0, 0.05) is 9.77 Å². The Kier molecular flexibility index (Phi) is 5.41. The van der Waals surface area contributed by atoms with Crippen molar-refractivity contribution < 1.29 is 14.7 Å². The van der Waals surface area contributed by atoms with Gasteiger partial charge < -0.3 is 10.4 Å². The quantitative estimate of drug-likeness (QED) is 0.795. The predicted molar refractivity (Wildman–Crippen MR) is 86.5 cm³/mol. The summed E-state index contributed by atoms with van der Waals surface area (Å²) in [6.07, 6.45) is 0.750. The molecule has 1 amide bonds. The molecule has 1 heterocycles. The number of carboxylic acids is 1. The second kappa shape index (κ2) is 7.28. The Hall–Kier alpha value is -1.79. The van der Waals surface area contributed by atoms with Crippen LogP contribution in [0.25, 0.3) is 0 Å². The van der Waals surface area contributed by atoms with Crippen molar-refractivity contribution in [3.05, 3.63) is 46.8 Å². The molecule has 0 saturated carbocycles. The minimum Gasteiger partial charge on any atom is -0.478 e. The fourth-order valence-corrected chi connectivity index (χ4v) is 3.42. The van der Waals surface area contributed by atoms with Gasteiger partial charge in [-0.05, 0) is 24.6 Å². The Bertz CT molecular complexity index is 638. The maximum absolute atomic E-state index is 11.9. The summed E-state index contributed by atoms with van der Waals surface area (Å²) in [5.41, 5.74) is 0.162. The van der Waals surface area contributed by atoms with Gasteiger partial charge in [-0.2, -0.15) is 0 Å². The Morgan fingerprint density at radius 2 is 2.00 bits per heavy atom. The van der Waals surface area contributed by atoms with Crippen LogP contribution in [0.4, 0.5) is 5.00 Å². The minimum atomic E-state index is -1.02. The number of amides is 1. The molecule has 21 heavy (non-hydrogen) atoms. The molecule has 2 aromatic rings. The Morgan fingerprint density at radius 3 is 2.62 bits per heavy atom. The molecule has 0 radical (unpaired) electrons. The van der Waals surface area contributed by atoms with Gasteiger partial charge in [-0.25, -0.2) is 4.79 Å². The lowest BCUT2D eigenvalue weighted by atomic mass is 10.2. The molecule has 0 atom stereocenters. The van der Waals surface area contributed by atoms with Crippen LogP contribution in [0.1, 0.15) is 22.2 Å². The molecule has 0 aliphatic carbocycles. The van der Waals surface area contributed by atoms with Crippen LogP contribution in [0.2, 0.25) is 0 Å². The van der Waals surface area contributed by atoms with E-state index in [1.165, 1.54) is 23.1 Å². The third-order valence-electron chi connectivity index (χ3n) is 2.73. The summed E-state index contributed by atoms with van der Waals surface area (Å²) in [7, 11) is 0. The molecule has 0 fully saturated rings. The zero-order valence-corrected chi connectivity index (χ0v) is 13.1. The van der Waals surface area contributed by atoms with Crippen molar-refractivity contribution in [2.24, 2.45) is 0 Å². The van der Waals surface area contributed by atoms with Crippen molar-refractivity contribution in [2.75, 3.05) is 11.1 Å². The Labute approximate surface area is 131 Å². The number of thiophene rings is 1. The first kappa shape index (κ1) is 15.6. The van der Waals surface area contributed by atoms with Crippen LogP contribution in [0, 0.1) is 0 Å². The zero-order chi connectivity index (χ0) is 15.2. The summed E-state index contributed by atoms with van der Waals surface area (Å²) in [5.74, 6) is -0.963. The van der Waals surface area contributed by atoms with Crippen LogP contribution < -0.4 is 5.32 Å². The molecular formula is C15H15NO3S2. The van der Waals surface area contributed by atoms with E-state index in [2.05, 4.69) is 5.32 Å². The number of aromatic carboxylic acids is 1. The maximum Gasteiger partial charge on any atom is 0.338 e. The summed E-state index contributed by atoms with van der Waals surface area (Å²) in [4.78, 5) is 25.1. The number of anilines is 1. The Balaban J connectivity index is 1.99. The molecule has 0 aliphatic heterocycles. The van der Waals surface area contributed by atoms with E-state index in [9.17, 15) is 9.59 Å². The molecule has 0 saturated heterocycles. The molecule has 1 aromatic carbocycles. The molecule has 2 rings (SSSR count). The first-order chi connectivity index (χ1) is 10.1. The van der Waals surface area contributed by atoms with Gasteiger partial charge in [0.2, 0.25) is 5.91 Å². The molecule has 4 nitrogen and oxygen atoms in total. The van der Waals surface area contributed by atoms with Crippen molar-refractivity contribution in [3.63, 3.8) is 0 Å². The average molecular weight is 321 g/mol. The zero-order valence-electron chi connectivity index (χ0n) is 11.5. The molecule has 110 valence electrons. The van der Waals surface area contributed by atoms with E-state index >= 15 is 0 Å².